The molecule has 0 heterocycles. The van der Waals surface area contributed by atoms with E-state index in [0.717, 1.165) is 0 Å². The number of esters is 1. The van der Waals surface area contributed by atoms with E-state index in [9.17, 15) is 15.0 Å². The lowest BCUT2D eigenvalue weighted by Crippen LogP contribution is -2.25. The summed E-state index contributed by atoms with van der Waals surface area (Å²) in [6.45, 7) is 3.44. The number of amidine groups is 1. The second-order valence-corrected chi connectivity index (χ2v) is 4.49. The molecule has 1 aromatic rings. The smallest absolute Gasteiger partial charge is 0.349 e. The molecule has 25 heavy (non-hydrogen) atoms. The van der Waals surface area contributed by atoms with Crippen molar-refractivity contribution in [2.45, 2.75) is 13.8 Å². The Morgan fingerprint density at radius 1 is 1.28 bits per heavy atom. The standard InChI is InChI=1S/C16H21N3O6/c1-4-24-15(21)13(16(22)25-5-2)14(17)19-18-9-10-6-7-12(23-3)11(20)8-10/h6-9,20-21H,4-5H2,1-3H3,(H2,17,19). The Morgan fingerprint density at radius 3 is 2.52 bits per heavy atom. The van der Waals surface area contributed by atoms with Crippen molar-refractivity contribution in [3.05, 3.63) is 35.3 Å². The number of nitrogens with zero attached hydrogens (tertiary/aromatic N) is 2. The van der Waals surface area contributed by atoms with Crippen LogP contribution in [0.5, 0.6) is 11.5 Å². The number of methoxy groups -OCH3 is 1. The number of carbonyl (C=O) groups is 1. The number of aromatic hydroxyl groups is 1. The van der Waals surface area contributed by atoms with E-state index in [1.54, 1.807) is 26.0 Å². The molecule has 1 aromatic carbocycles. The third kappa shape index (κ3) is 5.72. The number of phenolic OH excluding ortho intramolecular Hbond substituents is 1. The molecule has 0 amide bonds. The fraction of sp³-hybridized carbons (Fsp3) is 0.312. The molecule has 0 aliphatic carbocycles. The van der Waals surface area contributed by atoms with Crippen LogP contribution in [-0.2, 0) is 14.3 Å². The van der Waals surface area contributed by atoms with Crippen LogP contribution in [0.3, 0.4) is 0 Å². The first kappa shape index (κ1) is 19.8. The summed E-state index contributed by atoms with van der Waals surface area (Å²) >= 11 is 0. The van der Waals surface area contributed by atoms with Gasteiger partial charge in [-0.1, -0.05) is 0 Å². The topological polar surface area (TPSA) is 136 Å². The van der Waals surface area contributed by atoms with Crippen molar-refractivity contribution in [3.8, 4) is 11.5 Å². The molecule has 0 aliphatic rings. The minimum atomic E-state index is -0.882. The van der Waals surface area contributed by atoms with Gasteiger partial charge in [-0.15, -0.1) is 5.10 Å². The van der Waals surface area contributed by atoms with Crippen molar-refractivity contribution >= 4 is 18.0 Å². The highest BCUT2D eigenvalue weighted by molar-refractivity contribution is 6.18. The van der Waals surface area contributed by atoms with Crippen LogP contribution in [0.2, 0.25) is 0 Å². The van der Waals surface area contributed by atoms with Gasteiger partial charge >= 0.3 is 5.97 Å². The lowest BCUT2D eigenvalue weighted by atomic mass is 10.2. The predicted octanol–water partition coefficient (Wildman–Crippen LogP) is 1.46. The van der Waals surface area contributed by atoms with Gasteiger partial charge in [0.1, 0.15) is 0 Å². The average molecular weight is 351 g/mol. The summed E-state index contributed by atoms with van der Waals surface area (Å²) in [5.74, 6) is -1.70. The number of carbonyl (C=O) groups excluding carboxylic acids is 1. The van der Waals surface area contributed by atoms with Crippen molar-refractivity contribution < 1.29 is 29.2 Å². The fourth-order valence-corrected chi connectivity index (χ4v) is 1.71. The van der Waals surface area contributed by atoms with E-state index in [-0.39, 0.29) is 24.8 Å². The number of aliphatic hydroxyl groups excluding tert-OH is 1. The Bertz CT molecular complexity index is 697. The normalized spacial score (nSPS) is 12.7. The molecule has 0 aromatic heterocycles. The molecule has 4 N–H and O–H groups in total. The zero-order chi connectivity index (χ0) is 18.8. The molecule has 0 radical (unpaired) electrons. The van der Waals surface area contributed by atoms with Crippen molar-refractivity contribution in [3.63, 3.8) is 0 Å². The van der Waals surface area contributed by atoms with E-state index in [0.29, 0.717) is 11.3 Å². The lowest BCUT2D eigenvalue weighted by molar-refractivity contribution is -0.138. The van der Waals surface area contributed by atoms with Crippen LogP contribution in [0.1, 0.15) is 19.4 Å². The van der Waals surface area contributed by atoms with Gasteiger partial charge in [0, 0.05) is 0 Å². The number of aliphatic hydroxyl groups is 1. The minimum absolute atomic E-state index is 0.0653. The number of rotatable bonds is 8. The van der Waals surface area contributed by atoms with Gasteiger partial charge in [-0.2, -0.15) is 5.10 Å². The zero-order valence-corrected chi connectivity index (χ0v) is 14.2. The predicted molar refractivity (Wildman–Crippen MR) is 91.8 cm³/mol. The largest absolute Gasteiger partial charge is 0.504 e. The molecule has 0 saturated heterocycles. The zero-order valence-electron chi connectivity index (χ0n) is 14.2. The van der Waals surface area contributed by atoms with Crippen molar-refractivity contribution in [1.29, 1.82) is 0 Å². The molecule has 0 aliphatic heterocycles. The Morgan fingerprint density at radius 2 is 1.96 bits per heavy atom. The van der Waals surface area contributed by atoms with Gasteiger partial charge in [-0.05, 0) is 37.6 Å². The van der Waals surface area contributed by atoms with E-state index in [4.69, 9.17) is 19.9 Å². The van der Waals surface area contributed by atoms with E-state index >= 15 is 0 Å². The van der Waals surface area contributed by atoms with Gasteiger partial charge in [0.05, 0.1) is 26.5 Å². The monoisotopic (exact) mass is 351 g/mol. The number of ether oxygens (including phenoxy) is 3. The molecule has 1 rings (SSSR count). The van der Waals surface area contributed by atoms with E-state index < -0.39 is 17.5 Å². The van der Waals surface area contributed by atoms with Crippen LogP contribution in [0.25, 0.3) is 0 Å². The van der Waals surface area contributed by atoms with Crippen LogP contribution in [-0.4, -0.2) is 48.6 Å². The summed E-state index contributed by atoms with van der Waals surface area (Å²) in [7, 11) is 1.43. The fourth-order valence-electron chi connectivity index (χ4n) is 1.71. The van der Waals surface area contributed by atoms with Gasteiger partial charge < -0.3 is 30.2 Å². The quantitative estimate of drug-likeness (QED) is 0.161. The molecule has 9 heteroatoms. The average Bonchev–Trinajstić information content (AvgIpc) is 2.55. The van der Waals surface area contributed by atoms with Gasteiger partial charge in [-0.3, -0.25) is 0 Å². The van der Waals surface area contributed by atoms with Crippen molar-refractivity contribution in [1.82, 2.24) is 0 Å². The summed E-state index contributed by atoms with van der Waals surface area (Å²) < 4.78 is 14.6. The number of phenols is 1. The third-order valence-corrected chi connectivity index (χ3v) is 2.81. The number of hydrogen-bond acceptors (Lipinski definition) is 8. The van der Waals surface area contributed by atoms with Crippen molar-refractivity contribution in [2.75, 3.05) is 20.3 Å². The van der Waals surface area contributed by atoms with E-state index in [1.165, 1.54) is 19.4 Å². The summed E-state index contributed by atoms with van der Waals surface area (Å²) in [6, 6.07) is 4.59. The lowest BCUT2D eigenvalue weighted by Gasteiger charge is -2.08. The first-order chi connectivity index (χ1) is 11.9. The van der Waals surface area contributed by atoms with Crippen LogP contribution in [0.15, 0.2) is 39.9 Å². The van der Waals surface area contributed by atoms with Crippen LogP contribution < -0.4 is 10.5 Å². The van der Waals surface area contributed by atoms with E-state index in [1.807, 2.05) is 0 Å². The van der Waals surface area contributed by atoms with Gasteiger partial charge in [0.2, 0.25) is 0 Å². The maximum absolute atomic E-state index is 11.9. The Labute approximate surface area is 145 Å². The highest BCUT2D eigenvalue weighted by atomic mass is 16.6. The number of nitrogens with two attached hydrogens (primary N) is 1. The molecule has 0 atom stereocenters. The molecule has 0 bridgehead atoms. The second-order valence-electron chi connectivity index (χ2n) is 4.49. The van der Waals surface area contributed by atoms with Gasteiger partial charge in [0.25, 0.3) is 5.95 Å². The summed E-state index contributed by atoms with van der Waals surface area (Å²) in [5, 5.41) is 26.8. The number of benzene rings is 1. The first-order valence-electron chi connectivity index (χ1n) is 7.41. The van der Waals surface area contributed by atoms with Crippen molar-refractivity contribution in [2.24, 2.45) is 15.9 Å². The molecule has 136 valence electrons. The Balaban J connectivity index is 3.04. The summed E-state index contributed by atoms with van der Waals surface area (Å²) in [5.41, 5.74) is 5.79. The molecular weight excluding hydrogens is 330 g/mol. The SMILES string of the molecule is CCOC(=O)C(C(N)=NN=Cc1ccc(OC)c(O)c1)=C(O)OCC. The molecule has 0 spiro atoms. The molecule has 9 nitrogen and oxygen atoms in total. The molecule has 0 unspecified atom stereocenters. The number of hydrogen-bond donors (Lipinski definition) is 3. The maximum Gasteiger partial charge on any atom is 0.349 e. The van der Waals surface area contributed by atoms with Crippen LogP contribution in [0, 0.1) is 0 Å². The summed E-state index contributed by atoms with van der Waals surface area (Å²) in [4.78, 5) is 11.9. The van der Waals surface area contributed by atoms with Gasteiger partial charge in [-0.25, -0.2) is 4.79 Å². The molecular formula is C16H21N3O6. The highest BCUT2D eigenvalue weighted by Gasteiger charge is 2.22. The van der Waals surface area contributed by atoms with Gasteiger partial charge in [0.15, 0.2) is 22.9 Å². The first-order valence-corrected chi connectivity index (χ1v) is 7.41. The molecule has 0 saturated carbocycles. The molecule has 0 fully saturated rings. The van der Waals surface area contributed by atoms with Crippen LogP contribution >= 0.6 is 0 Å². The second kappa shape index (κ2) is 9.81. The Kier molecular flexibility index (Phi) is 7.77. The van der Waals surface area contributed by atoms with E-state index in [2.05, 4.69) is 10.2 Å². The highest BCUT2D eigenvalue weighted by Crippen LogP contribution is 2.25. The summed E-state index contributed by atoms with van der Waals surface area (Å²) in [6.07, 6.45) is 1.30. The maximum atomic E-state index is 11.9. The third-order valence-electron chi connectivity index (χ3n) is 2.81. The minimum Gasteiger partial charge on any atom is -0.504 e. The van der Waals surface area contributed by atoms with Crippen LogP contribution in [0.4, 0.5) is 0 Å². The Hall–Kier alpha value is -3.23.